The van der Waals surface area contributed by atoms with E-state index in [0.29, 0.717) is 46.9 Å². The van der Waals surface area contributed by atoms with Crippen LogP contribution in [0.2, 0.25) is 10.2 Å². The lowest BCUT2D eigenvalue weighted by molar-refractivity contribution is -0.125. The van der Waals surface area contributed by atoms with Crippen molar-refractivity contribution in [2.45, 2.75) is 6.10 Å². The minimum atomic E-state index is -0.350. The van der Waals surface area contributed by atoms with E-state index in [1.165, 1.54) is 0 Å². The number of hydrogen-bond donors (Lipinski definition) is 0. The minimum absolute atomic E-state index is 0.350. The molecular weight excluding hydrogens is 375 g/mol. The van der Waals surface area contributed by atoms with Crippen LogP contribution in [0, 0.1) is 0 Å². The predicted molar refractivity (Wildman–Crippen MR) is 99.1 cm³/mol. The molecule has 1 saturated heterocycles. The van der Waals surface area contributed by atoms with E-state index in [4.69, 9.17) is 32.9 Å². The maximum atomic E-state index is 11.2. The first-order valence-electron chi connectivity index (χ1n) is 8.05. The standard InChI is InChI=1S/C18H14Cl2N4O2/c19-13-3-1-2-12-16(13)22-18(11-4-5-15(20)21-8-11)23-17(12)14-9-24(10-25)6-7-26-14/h1-5,8,10,14H,6-7,9H2. The number of halogens is 2. The second-order valence-electron chi connectivity index (χ2n) is 5.90. The smallest absolute Gasteiger partial charge is 0.209 e. The number of morpholine rings is 1. The third-order valence-electron chi connectivity index (χ3n) is 4.24. The molecule has 1 aliphatic rings. The summed E-state index contributed by atoms with van der Waals surface area (Å²) in [5.41, 5.74) is 2.06. The summed E-state index contributed by atoms with van der Waals surface area (Å²) in [6, 6.07) is 9.02. The van der Waals surface area contributed by atoms with Crippen molar-refractivity contribution in [2.24, 2.45) is 0 Å². The van der Waals surface area contributed by atoms with E-state index >= 15 is 0 Å². The van der Waals surface area contributed by atoms with Crippen LogP contribution in [0.3, 0.4) is 0 Å². The molecule has 1 aliphatic heterocycles. The fourth-order valence-corrected chi connectivity index (χ4v) is 3.28. The first kappa shape index (κ1) is 17.1. The van der Waals surface area contributed by atoms with Gasteiger partial charge in [0.1, 0.15) is 11.3 Å². The Morgan fingerprint density at radius 3 is 2.85 bits per heavy atom. The van der Waals surface area contributed by atoms with E-state index < -0.39 is 0 Å². The molecule has 1 amide bonds. The van der Waals surface area contributed by atoms with E-state index in [9.17, 15) is 4.79 Å². The number of hydrogen-bond acceptors (Lipinski definition) is 5. The molecule has 2 aromatic heterocycles. The van der Waals surface area contributed by atoms with E-state index in [1.54, 1.807) is 29.3 Å². The van der Waals surface area contributed by atoms with Crippen LogP contribution in [0.25, 0.3) is 22.3 Å². The van der Waals surface area contributed by atoms with E-state index in [2.05, 4.69) is 9.97 Å². The van der Waals surface area contributed by atoms with Crippen LogP contribution in [0.4, 0.5) is 0 Å². The van der Waals surface area contributed by atoms with Gasteiger partial charge < -0.3 is 9.64 Å². The Balaban J connectivity index is 1.88. The van der Waals surface area contributed by atoms with Gasteiger partial charge in [-0.05, 0) is 18.2 Å². The quantitative estimate of drug-likeness (QED) is 0.507. The Bertz CT molecular complexity index is 965. The van der Waals surface area contributed by atoms with Crippen LogP contribution in [0.1, 0.15) is 11.8 Å². The Morgan fingerprint density at radius 2 is 2.08 bits per heavy atom. The molecule has 0 aliphatic carbocycles. The SMILES string of the molecule is O=CN1CCOC(c2nc(-c3ccc(Cl)nc3)nc3c(Cl)cccc23)C1. The van der Waals surface area contributed by atoms with Gasteiger partial charge in [-0.25, -0.2) is 15.0 Å². The van der Waals surface area contributed by atoms with Gasteiger partial charge in [-0.15, -0.1) is 0 Å². The first-order chi connectivity index (χ1) is 12.7. The molecular formula is C18H14Cl2N4O2. The van der Waals surface area contributed by atoms with Crippen LogP contribution >= 0.6 is 23.2 Å². The average molecular weight is 389 g/mol. The van der Waals surface area contributed by atoms with Crippen LogP contribution in [0.15, 0.2) is 36.5 Å². The van der Waals surface area contributed by atoms with E-state index in [-0.39, 0.29) is 6.10 Å². The summed E-state index contributed by atoms with van der Waals surface area (Å²) in [6.07, 6.45) is 2.09. The number of amides is 1. The molecule has 0 spiro atoms. The van der Waals surface area contributed by atoms with Gasteiger partial charge in [-0.1, -0.05) is 35.3 Å². The molecule has 4 rings (SSSR count). The van der Waals surface area contributed by atoms with Crippen molar-refractivity contribution in [3.63, 3.8) is 0 Å². The number of pyridine rings is 1. The van der Waals surface area contributed by atoms with Crippen molar-refractivity contribution in [3.8, 4) is 11.4 Å². The molecule has 1 unspecified atom stereocenters. The average Bonchev–Trinajstić information content (AvgIpc) is 2.68. The Hall–Kier alpha value is -2.28. The first-order valence-corrected chi connectivity index (χ1v) is 8.80. The van der Waals surface area contributed by atoms with Crippen LogP contribution in [-0.2, 0) is 9.53 Å². The van der Waals surface area contributed by atoms with Crippen molar-refractivity contribution in [2.75, 3.05) is 19.7 Å². The molecule has 132 valence electrons. The molecule has 1 aromatic carbocycles. The lowest BCUT2D eigenvalue weighted by atomic mass is 10.1. The number of rotatable bonds is 3. The number of carbonyl (C=O) groups excluding carboxylic acids is 1. The van der Waals surface area contributed by atoms with Crippen molar-refractivity contribution in [3.05, 3.63) is 52.4 Å². The third kappa shape index (κ3) is 3.23. The molecule has 1 atom stereocenters. The summed E-state index contributed by atoms with van der Waals surface area (Å²) in [5.74, 6) is 0.483. The summed E-state index contributed by atoms with van der Waals surface area (Å²) in [4.78, 5) is 26.3. The number of para-hydroxylation sites is 1. The Kier molecular flexibility index (Phi) is 4.72. The topological polar surface area (TPSA) is 68.2 Å². The molecule has 3 heterocycles. The molecule has 1 fully saturated rings. The second kappa shape index (κ2) is 7.15. The van der Waals surface area contributed by atoms with E-state index in [0.717, 1.165) is 17.4 Å². The van der Waals surface area contributed by atoms with Crippen molar-refractivity contribution < 1.29 is 9.53 Å². The normalized spacial score (nSPS) is 17.5. The second-order valence-corrected chi connectivity index (χ2v) is 6.69. The van der Waals surface area contributed by atoms with Crippen LogP contribution in [0.5, 0.6) is 0 Å². The number of nitrogens with zero attached hydrogens (tertiary/aromatic N) is 4. The molecule has 26 heavy (non-hydrogen) atoms. The summed E-state index contributed by atoms with van der Waals surface area (Å²) in [6.45, 7) is 1.45. The predicted octanol–water partition coefficient (Wildman–Crippen LogP) is 3.53. The van der Waals surface area contributed by atoms with Gasteiger partial charge >= 0.3 is 0 Å². The van der Waals surface area contributed by atoms with Crippen molar-refractivity contribution >= 4 is 40.5 Å². The molecule has 8 heteroatoms. The lowest BCUT2D eigenvalue weighted by Gasteiger charge is -2.30. The molecule has 0 bridgehead atoms. The van der Waals surface area contributed by atoms with Gasteiger partial charge in [0, 0.05) is 23.7 Å². The van der Waals surface area contributed by atoms with Gasteiger partial charge in [0.15, 0.2) is 5.82 Å². The Morgan fingerprint density at radius 1 is 1.19 bits per heavy atom. The highest BCUT2D eigenvalue weighted by Crippen LogP contribution is 2.32. The number of aromatic nitrogens is 3. The largest absolute Gasteiger partial charge is 0.368 e. The zero-order valence-electron chi connectivity index (χ0n) is 13.6. The number of carbonyl (C=O) groups is 1. The Labute approximate surface area is 159 Å². The molecule has 0 N–H and O–H groups in total. The van der Waals surface area contributed by atoms with Crippen LogP contribution < -0.4 is 0 Å². The van der Waals surface area contributed by atoms with E-state index in [1.807, 2.05) is 12.1 Å². The highest BCUT2D eigenvalue weighted by atomic mass is 35.5. The molecule has 0 radical (unpaired) electrons. The molecule has 0 saturated carbocycles. The van der Waals surface area contributed by atoms with Gasteiger partial charge in [0.2, 0.25) is 6.41 Å². The zero-order chi connectivity index (χ0) is 18.1. The van der Waals surface area contributed by atoms with Crippen LogP contribution in [-0.4, -0.2) is 46.0 Å². The summed E-state index contributed by atoms with van der Waals surface area (Å²) >= 11 is 12.2. The highest BCUT2D eigenvalue weighted by Gasteiger charge is 2.25. The lowest BCUT2D eigenvalue weighted by Crippen LogP contribution is -2.37. The summed E-state index contributed by atoms with van der Waals surface area (Å²) < 4.78 is 5.88. The van der Waals surface area contributed by atoms with Gasteiger partial charge in [-0.3, -0.25) is 4.79 Å². The monoisotopic (exact) mass is 388 g/mol. The van der Waals surface area contributed by atoms with Crippen molar-refractivity contribution in [1.29, 1.82) is 0 Å². The number of ether oxygens (including phenoxy) is 1. The maximum Gasteiger partial charge on any atom is 0.209 e. The number of fused-ring (bicyclic) bond motifs is 1. The van der Waals surface area contributed by atoms with Crippen molar-refractivity contribution in [1.82, 2.24) is 19.9 Å². The zero-order valence-corrected chi connectivity index (χ0v) is 15.1. The fourth-order valence-electron chi connectivity index (χ4n) is 2.95. The van der Waals surface area contributed by atoms with Gasteiger partial charge in [0.05, 0.1) is 29.4 Å². The highest BCUT2D eigenvalue weighted by molar-refractivity contribution is 6.35. The molecule has 6 nitrogen and oxygen atoms in total. The summed E-state index contributed by atoms with van der Waals surface area (Å²) in [5, 5.41) is 1.73. The number of benzene rings is 1. The van der Waals surface area contributed by atoms with Gasteiger partial charge in [-0.2, -0.15) is 0 Å². The minimum Gasteiger partial charge on any atom is -0.368 e. The maximum absolute atomic E-state index is 11.2. The molecule has 3 aromatic rings. The van der Waals surface area contributed by atoms with Gasteiger partial charge in [0.25, 0.3) is 0 Å². The fraction of sp³-hybridized carbons (Fsp3) is 0.222. The third-order valence-corrected chi connectivity index (χ3v) is 4.77. The summed E-state index contributed by atoms with van der Waals surface area (Å²) in [7, 11) is 0.